The summed E-state index contributed by atoms with van der Waals surface area (Å²) in [5.74, 6) is -1.08. The van der Waals surface area contributed by atoms with Crippen LogP contribution < -0.4 is 9.21 Å². The second-order valence-corrected chi connectivity index (χ2v) is 9.40. The molecular formula is C25H24N2O5S. The molecule has 1 aliphatic heterocycles. The van der Waals surface area contributed by atoms with Gasteiger partial charge in [-0.05, 0) is 55.3 Å². The van der Waals surface area contributed by atoms with Crippen LogP contribution in [0.3, 0.4) is 0 Å². The quantitative estimate of drug-likeness (QED) is 0.499. The van der Waals surface area contributed by atoms with Gasteiger partial charge in [0.25, 0.3) is 15.9 Å². The molecule has 0 saturated carbocycles. The van der Waals surface area contributed by atoms with E-state index in [2.05, 4.69) is 0 Å². The summed E-state index contributed by atoms with van der Waals surface area (Å²) >= 11 is 0. The number of carbonyl (C=O) groups excluding carboxylic acids is 2. The molecular weight excluding hydrogens is 440 g/mol. The van der Waals surface area contributed by atoms with E-state index in [1.807, 2.05) is 30.3 Å². The molecule has 8 heteroatoms. The first-order valence-corrected chi connectivity index (χ1v) is 12.1. The van der Waals surface area contributed by atoms with Gasteiger partial charge in [-0.25, -0.2) is 13.2 Å². The zero-order valence-corrected chi connectivity index (χ0v) is 19.0. The number of benzene rings is 3. The molecule has 7 nitrogen and oxygen atoms in total. The van der Waals surface area contributed by atoms with Gasteiger partial charge in [0, 0.05) is 18.8 Å². The van der Waals surface area contributed by atoms with E-state index >= 15 is 0 Å². The molecule has 1 aliphatic rings. The number of esters is 1. The fourth-order valence-corrected chi connectivity index (χ4v) is 5.40. The summed E-state index contributed by atoms with van der Waals surface area (Å²) in [4.78, 5) is 26.8. The number of hydrogen-bond donors (Lipinski definition) is 0. The highest BCUT2D eigenvalue weighted by Gasteiger charge is 2.27. The van der Waals surface area contributed by atoms with Crippen molar-refractivity contribution >= 4 is 33.3 Å². The molecule has 0 radical (unpaired) electrons. The molecule has 33 heavy (non-hydrogen) atoms. The van der Waals surface area contributed by atoms with Crippen LogP contribution in [0, 0.1) is 0 Å². The fraction of sp³-hybridized carbons (Fsp3) is 0.200. The molecule has 0 unspecified atom stereocenters. The van der Waals surface area contributed by atoms with Crippen LogP contribution in [0.4, 0.5) is 11.4 Å². The summed E-state index contributed by atoms with van der Waals surface area (Å²) in [6, 6.07) is 22.0. The Labute approximate surface area is 193 Å². The third-order valence-corrected chi connectivity index (χ3v) is 7.40. The molecule has 0 aliphatic carbocycles. The molecule has 0 spiro atoms. The van der Waals surface area contributed by atoms with Crippen molar-refractivity contribution in [2.75, 3.05) is 28.9 Å². The summed E-state index contributed by atoms with van der Waals surface area (Å²) in [5.41, 5.74) is 2.50. The number of amides is 1. The standard InChI is InChI=1S/C25H24N2O5S/c1-2-27(21-11-4-3-5-12-21)33(30,31)22-13-8-10-20(17-22)25(29)32-18-24(28)26-16-15-19-9-6-7-14-23(19)26/h3-14,17H,2,15-16,18H2,1H3. The number of nitrogens with zero attached hydrogens (tertiary/aromatic N) is 2. The van der Waals surface area contributed by atoms with Crippen molar-refractivity contribution in [1.82, 2.24) is 0 Å². The van der Waals surface area contributed by atoms with Gasteiger partial charge < -0.3 is 9.64 Å². The van der Waals surface area contributed by atoms with Gasteiger partial charge in [0.05, 0.1) is 16.1 Å². The topological polar surface area (TPSA) is 84.0 Å². The molecule has 170 valence electrons. The highest BCUT2D eigenvalue weighted by molar-refractivity contribution is 7.92. The zero-order valence-electron chi connectivity index (χ0n) is 18.2. The van der Waals surface area contributed by atoms with E-state index in [9.17, 15) is 18.0 Å². The molecule has 3 aromatic rings. The monoisotopic (exact) mass is 464 g/mol. The smallest absolute Gasteiger partial charge is 0.338 e. The van der Waals surface area contributed by atoms with Gasteiger partial charge in [0.15, 0.2) is 6.61 Å². The Hall–Kier alpha value is -3.65. The minimum Gasteiger partial charge on any atom is -0.452 e. The Morgan fingerprint density at radius 2 is 1.70 bits per heavy atom. The van der Waals surface area contributed by atoms with Gasteiger partial charge in [-0.2, -0.15) is 0 Å². The van der Waals surface area contributed by atoms with Gasteiger partial charge >= 0.3 is 5.97 Å². The summed E-state index contributed by atoms with van der Waals surface area (Å²) in [7, 11) is -3.89. The number of fused-ring (bicyclic) bond motifs is 1. The lowest BCUT2D eigenvalue weighted by Crippen LogP contribution is -2.33. The van der Waals surface area contributed by atoms with Crippen LogP contribution in [-0.4, -0.2) is 40.0 Å². The first-order valence-electron chi connectivity index (χ1n) is 10.6. The molecule has 0 fully saturated rings. The maximum absolute atomic E-state index is 13.2. The first kappa shape index (κ1) is 22.5. The van der Waals surface area contributed by atoms with Crippen LogP contribution in [0.1, 0.15) is 22.8 Å². The van der Waals surface area contributed by atoms with Crippen molar-refractivity contribution < 1.29 is 22.7 Å². The number of anilines is 2. The maximum Gasteiger partial charge on any atom is 0.338 e. The second-order valence-electron chi connectivity index (χ2n) is 7.53. The van der Waals surface area contributed by atoms with Gasteiger partial charge in [0.1, 0.15) is 0 Å². The third-order valence-electron chi connectivity index (χ3n) is 5.50. The number of carbonyl (C=O) groups is 2. The number of rotatable bonds is 7. The summed E-state index contributed by atoms with van der Waals surface area (Å²) in [6.07, 6.45) is 0.755. The lowest BCUT2D eigenvalue weighted by atomic mass is 10.2. The lowest BCUT2D eigenvalue weighted by molar-refractivity contribution is -0.121. The fourth-order valence-electron chi connectivity index (χ4n) is 3.88. The molecule has 0 bridgehead atoms. The van der Waals surface area contributed by atoms with E-state index in [0.717, 1.165) is 17.7 Å². The molecule has 0 N–H and O–H groups in total. The van der Waals surface area contributed by atoms with E-state index in [0.29, 0.717) is 12.2 Å². The van der Waals surface area contributed by atoms with Crippen molar-refractivity contribution in [2.24, 2.45) is 0 Å². The van der Waals surface area contributed by atoms with Crippen LogP contribution >= 0.6 is 0 Å². The summed E-state index contributed by atoms with van der Waals surface area (Å²) < 4.78 is 32.9. The number of ether oxygens (including phenoxy) is 1. The van der Waals surface area contributed by atoms with Crippen molar-refractivity contribution in [3.05, 3.63) is 90.0 Å². The Balaban J connectivity index is 1.47. The molecule has 0 atom stereocenters. The molecule has 1 heterocycles. The van der Waals surface area contributed by atoms with E-state index < -0.39 is 22.6 Å². The largest absolute Gasteiger partial charge is 0.452 e. The van der Waals surface area contributed by atoms with E-state index in [4.69, 9.17) is 4.74 Å². The first-order chi connectivity index (χ1) is 15.9. The Kier molecular flexibility index (Phi) is 6.46. The minimum atomic E-state index is -3.89. The zero-order chi connectivity index (χ0) is 23.4. The van der Waals surface area contributed by atoms with Crippen LogP contribution in [0.2, 0.25) is 0 Å². The summed E-state index contributed by atoms with van der Waals surface area (Å²) in [6.45, 7) is 2.09. The van der Waals surface area contributed by atoms with E-state index in [1.54, 1.807) is 36.1 Å². The number of para-hydroxylation sites is 2. The van der Waals surface area contributed by atoms with Crippen molar-refractivity contribution in [3.8, 4) is 0 Å². The van der Waals surface area contributed by atoms with Crippen molar-refractivity contribution in [3.63, 3.8) is 0 Å². The highest BCUT2D eigenvalue weighted by atomic mass is 32.2. The predicted octanol–water partition coefficient (Wildman–Crippen LogP) is 3.65. The average molecular weight is 465 g/mol. The summed E-state index contributed by atoms with van der Waals surface area (Å²) in [5, 5.41) is 0. The van der Waals surface area contributed by atoms with Gasteiger partial charge in [0.2, 0.25) is 0 Å². The normalized spacial score (nSPS) is 12.8. The molecule has 1 amide bonds. The van der Waals surface area contributed by atoms with Gasteiger partial charge in [-0.3, -0.25) is 9.10 Å². The predicted molar refractivity (Wildman–Crippen MR) is 126 cm³/mol. The second kappa shape index (κ2) is 9.46. The van der Waals surface area contributed by atoms with Crippen LogP contribution in [0.25, 0.3) is 0 Å². The average Bonchev–Trinajstić information content (AvgIpc) is 3.28. The Morgan fingerprint density at radius 1 is 0.970 bits per heavy atom. The Bertz CT molecular complexity index is 1270. The van der Waals surface area contributed by atoms with Crippen molar-refractivity contribution in [2.45, 2.75) is 18.2 Å². The molecule has 4 rings (SSSR count). The molecule has 0 aromatic heterocycles. The van der Waals surface area contributed by atoms with Crippen LogP contribution in [0.15, 0.2) is 83.8 Å². The van der Waals surface area contributed by atoms with Gasteiger partial charge in [-0.1, -0.05) is 42.5 Å². The highest BCUT2D eigenvalue weighted by Crippen LogP contribution is 2.27. The van der Waals surface area contributed by atoms with Crippen molar-refractivity contribution in [1.29, 1.82) is 0 Å². The minimum absolute atomic E-state index is 0.0255. The van der Waals surface area contributed by atoms with Crippen LogP contribution in [-0.2, 0) is 26.0 Å². The van der Waals surface area contributed by atoms with E-state index in [1.165, 1.54) is 28.6 Å². The third kappa shape index (κ3) is 4.61. The van der Waals surface area contributed by atoms with Gasteiger partial charge in [-0.15, -0.1) is 0 Å². The Morgan fingerprint density at radius 3 is 2.45 bits per heavy atom. The lowest BCUT2D eigenvalue weighted by Gasteiger charge is -2.23. The molecule has 3 aromatic carbocycles. The molecule has 0 saturated heterocycles. The maximum atomic E-state index is 13.2. The SMILES string of the molecule is CCN(c1ccccc1)S(=O)(=O)c1cccc(C(=O)OCC(=O)N2CCc3ccccc32)c1. The van der Waals surface area contributed by atoms with E-state index in [-0.39, 0.29) is 22.9 Å². The van der Waals surface area contributed by atoms with Crippen LogP contribution in [0.5, 0.6) is 0 Å². The number of hydrogen-bond acceptors (Lipinski definition) is 5. The number of sulfonamides is 1.